The van der Waals surface area contributed by atoms with Crippen LogP contribution in [0, 0.1) is 5.41 Å². The van der Waals surface area contributed by atoms with Gasteiger partial charge in [0.1, 0.15) is 6.61 Å². The largest absolute Gasteiger partial charge is 0.481 e. The van der Waals surface area contributed by atoms with Crippen LogP contribution in [0.4, 0.5) is 4.79 Å². The van der Waals surface area contributed by atoms with Gasteiger partial charge in [0.15, 0.2) is 0 Å². The molecule has 3 rings (SSSR count). The maximum Gasteiger partial charge on any atom is 0.407 e. The van der Waals surface area contributed by atoms with E-state index in [0.717, 1.165) is 35.1 Å². The van der Waals surface area contributed by atoms with Gasteiger partial charge in [0.2, 0.25) is 5.91 Å². The average Bonchev–Trinajstić information content (AvgIpc) is 3.13. The van der Waals surface area contributed by atoms with Crippen molar-refractivity contribution in [3.63, 3.8) is 0 Å². The van der Waals surface area contributed by atoms with E-state index in [2.05, 4.69) is 34.9 Å². The first-order chi connectivity index (χ1) is 16.2. The van der Waals surface area contributed by atoms with Crippen LogP contribution in [-0.2, 0) is 14.3 Å². The number of carbonyl (C=O) groups is 3. The van der Waals surface area contributed by atoms with Crippen LogP contribution in [0.2, 0.25) is 0 Å². The van der Waals surface area contributed by atoms with E-state index in [-0.39, 0.29) is 37.4 Å². The second-order valence-corrected chi connectivity index (χ2v) is 9.48. The van der Waals surface area contributed by atoms with Crippen LogP contribution in [0.15, 0.2) is 48.5 Å². The molecule has 0 heterocycles. The molecule has 34 heavy (non-hydrogen) atoms. The van der Waals surface area contributed by atoms with E-state index in [9.17, 15) is 19.5 Å². The molecule has 7 nitrogen and oxygen atoms in total. The van der Waals surface area contributed by atoms with Crippen molar-refractivity contribution in [1.29, 1.82) is 0 Å². The number of benzene rings is 2. The number of rotatable bonds is 11. The Hall–Kier alpha value is -3.35. The van der Waals surface area contributed by atoms with Crippen molar-refractivity contribution in [2.75, 3.05) is 13.2 Å². The molecule has 0 spiro atoms. The minimum Gasteiger partial charge on any atom is -0.481 e. The van der Waals surface area contributed by atoms with Gasteiger partial charge in [-0.05, 0) is 42.5 Å². The Morgan fingerprint density at radius 2 is 1.62 bits per heavy atom. The Kier molecular flexibility index (Phi) is 8.31. The summed E-state index contributed by atoms with van der Waals surface area (Å²) in [6.07, 6.45) is 1.93. The van der Waals surface area contributed by atoms with Crippen molar-refractivity contribution >= 4 is 18.0 Å². The molecule has 182 valence electrons. The molecule has 0 saturated carbocycles. The smallest absolute Gasteiger partial charge is 0.407 e. The predicted octanol–water partition coefficient (Wildman–Crippen LogP) is 4.70. The van der Waals surface area contributed by atoms with E-state index in [1.54, 1.807) is 13.8 Å². The van der Waals surface area contributed by atoms with Gasteiger partial charge >= 0.3 is 12.1 Å². The van der Waals surface area contributed by atoms with Crippen LogP contribution in [0.25, 0.3) is 11.1 Å². The third kappa shape index (κ3) is 6.16. The van der Waals surface area contributed by atoms with Crippen LogP contribution < -0.4 is 10.6 Å². The Bertz CT molecular complexity index is 988. The number of ether oxygens (including phenoxy) is 1. The summed E-state index contributed by atoms with van der Waals surface area (Å²) in [5.41, 5.74) is 3.54. The predicted molar refractivity (Wildman–Crippen MR) is 131 cm³/mol. The SMILES string of the molecule is CCCC[C@@H](CC(=O)NCC(C)(C)C(=O)O)NC(=O)OCC1c2ccccc2-c2ccccc21. The summed E-state index contributed by atoms with van der Waals surface area (Å²) in [6, 6.07) is 15.9. The summed E-state index contributed by atoms with van der Waals surface area (Å²) in [4.78, 5) is 36.3. The van der Waals surface area contributed by atoms with Crippen LogP contribution in [0.3, 0.4) is 0 Å². The summed E-state index contributed by atoms with van der Waals surface area (Å²) in [5.74, 6) is -1.31. The van der Waals surface area contributed by atoms with E-state index in [0.29, 0.717) is 6.42 Å². The van der Waals surface area contributed by atoms with Gasteiger partial charge < -0.3 is 20.5 Å². The number of nitrogens with one attached hydrogen (secondary N) is 2. The number of unbranched alkanes of at least 4 members (excludes halogenated alkanes) is 1. The first-order valence-corrected chi connectivity index (χ1v) is 11.8. The fourth-order valence-electron chi connectivity index (χ4n) is 4.17. The number of carbonyl (C=O) groups excluding carboxylic acids is 2. The van der Waals surface area contributed by atoms with Crippen molar-refractivity contribution in [3.8, 4) is 11.1 Å². The fourth-order valence-corrected chi connectivity index (χ4v) is 4.17. The van der Waals surface area contributed by atoms with E-state index >= 15 is 0 Å². The molecule has 2 aromatic carbocycles. The summed E-state index contributed by atoms with van der Waals surface area (Å²) < 4.78 is 5.62. The van der Waals surface area contributed by atoms with Crippen molar-refractivity contribution < 1.29 is 24.2 Å². The molecule has 0 aliphatic heterocycles. The summed E-state index contributed by atoms with van der Waals surface area (Å²) >= 11 is 0. The molecule has 3 N–H and O–H groups in total. The highest BCUT2D eigenvalue weighted by Gasteiger charge is 2.30. The zero-order valence-electron chi connectivity index (χ0n) is 20.1. The maximum atomic E-state index is 12.6. The Balaban J connectivity index is 1.58. The highest BCUT2D eigenvalue weighted by molar-refractivity contribution is 5.80. The molecule has 0 bridgehead atoms. The van der Waals surface area contributed by atoms with Crippen molar-refractivity contribution in [1.82, 2.24) is 10.6 Å². The molecule has 0 aromatic heterocycles. The van der Waals surface area contributed by atoms with E-state index in [1.165, 1.54) is 0 Å². The number of aliphatic carboxylic acids is 1. The number of alkyl carbamates (subject to hydrolysis) is 1. The Morgan fingerprint density at radius 3 is 2.18 bits per heavy atom. The Morgan fingerprint density at radius 1 is 1.03 bits per heavy atom. The second kappa shape index (κ2) is 11.2. The molecule has 2 aromatic rings. The number of amides is 2. The van der Waals surface area contributed by atoms with Crippen molar-refractivity contribution in [3.05, 3.63) is 59.7 Å². The minimum absolute atomic E-state index is 0.0204. The second-order valence-electron chi connectivity index (χ2n) is 9.48. The van der Waals surface area contributed by atoms with Gasteiger partial charge in [-0.25, -0.2) is 4.79 Å². The van der Waals surface area contributed by atoms with E-state index < -0.39 is 17.5 Å². The molecule has 0 radical (unpaired) electrons. The normalized spacial score (nSPS) is 13.5. The van der Waals surface area contributed by atoms with Gasteiger partial charge in [-0.3, -0.25) is 9.59 Å². The highest BCUT2D eigenvalue weighted by Crippen LogP contribution is 2.44. The summed E-state index contributed by atoms with van der Waals surface area (Å²) in [6.45, 7) is 5.38. The molecule has 0 unspecified atom stereocenters. The fraction of sp³-hybridized carbons (Fsp3) is 0.444. The van der Waals surface area contributed by atoms with Crippen molar-refractivity contribution in [2.45, 2.75) is 58.4 Å². The first kappa shape index (κ1) is 25.3. The Labute approximate surface area is 200 Å². The molecular weight excluding hydrogens is 432 g/mol. The number of hydrogen-bond acceptors (Lipinski definition) is 4. The summed E-state index contributed by atoms with van der Waals surface area (Å²) in [7, 11) is 0. The zero-order valence-corrected chi connectivity index (χ0v) is 20.1. The molecule has 1 aliphatic carbocycles. The lowest BCUT2D eigenvalue weighted by Gasteiger charge is -2.22. The van der Waals surface area contributed by atoms with Gasteiger partial charge in [-0.15, -0.1) is 0 Å². The zero-order chi connectivity index (χ0) is 24.7. The highest BCUT2D eigenvalue weighted by atomic mass is 16.5. The van der Waals surface area contributed by atoms with Gasteiger partial charge in [-0.2, -0.15) is 0 Å². The number of hydrogen-bond donors (Lipinski definition) is 3. The number of carboxylic acids is 1. The molecule has 7 heteroatoms. The van der Waals surface area contributed by atoms with Crippen LogP contribution in [0.5, 0.6) is 0 Å². The van der Waals surface area contributed by atoms with Gasteiger partial charge in [-0.1, -0.05) is 68.3 Å². The van der Waals surface area contributed by atoms with E-state index in [4.69, 9.17) is 4.74 Å². The molecule has 1 atom stereocenters. The van der Waals surface area contributed by atoms with Gasteiger partial charge in [0, 0.05) is 24.9 Å². The lowest BCUT2D eigenvalue weighted by molar-refractivity contribution is -0.146. The quantitative estimate of drug-likeness (QED) is 0.445. The lowest BCUT2D eigenvalue weighted by atomic mass is 9.94. The van der Waals surface area contributed by atoms with Crippen LogP contribution >= 0.6 is 0 Å². The number of fused-ring (bicyclic) bond motifs is 3. The van der Waals surface area contributed by atoms with Gasteiger partial charge in [0.25, 0.3) is 0 Å². The molecule has 0 fully saturated rings. The molecule has 1 aliphatic rings. The van der Waals surface area contributed by atoms with Crippen molar-refractivity contribution in [2.24, 2.45) is 5.41 Å². The van der Waals surface area contributed by atoms with Gasteiger partial charge in [0.05, 0.1) is 5.41 Å². The molecular formula is C27H34N2O5. The van der Waals surface area contributed by atoms with Crippen LogP contribution in [0.1, 0.15) is 63.5 Å². The third-order valence-corrected chi connectivity index (χ3v) is 6.31. The molecule has 2 amide bonds. The minimum atomic E-state index is -1.06. The van der Waals surface area contributed by atoms with E-state index in [1.807, 2.05) is 31.2 Å². The summed E-state index contributed by atoms with van der Waals surface area (Å²) in [5, 5.41) is 14.7. The number of carboxylic acid groups (broad SMARTS) is 1. The van der Waals surface area contributed by atoms with Crippen LogP contribution in [-0.4, -0.2) is 42.3 Å². The third-order valence-electron chi connectivity index (χ3n) is 6.31. The standard InChI is InChI=1S/C27H34N2O5/c1-4-5-10-18(15-24(30)28-17-27(2,3)25(31)32)29-26(33)34-16-23-21-13-8-6-11-19(21)20-12-7-9-14-22(20)23/h6-9,11-14,18,23H,4-5,10,15-17H2,1-3H3,(H,28,30)(H,29,33)(H,31,32)/t18-/m0/s1. The first-order valence-electron chi connectivity index (χ1n) is 11.8. The monoisotopic (exact) mass is 466 g/mol. The topological polar surface area (TPSA) is 105 Å². The maximum absolute atomic E-state index is 12.6. The lowest BCUT2D eigenvalue weighted by Crippen LogP contribution is -2.43. The molecule has 0 saturated heterocycles. The average molecular weight is 467 g/mol.